The van der Waals surface area contributed by atoms with E-state index in [0.29, 0.717) is 48.2 Å². The molecule has 0 radical (unpaired) electrons. The lowest BCUT2D eigenvalue weighted by Crippen LogP contribution is -2.54. The Morgan fingerprint density at radius 3 is 2.33 bits per heavy atom. The van der Waals surface area contributed by atoms with Crippen LogP contribution in [0.3, 0.4) is 0 Å². The quantitative estimate of drug-likeness (QED) is 0.237. The van der Waals surface area contributed by atoms with Gasteiger partial charge in [-0.1, -0.05) is 37.1 Å². The molecule has 2 heterocycles. The summed E-state index contributed by atoms with van der Waals surface area (Å²) in [4.78, 5) is 65.0. The average molecular weight is 538 g/mol. The molecule has 2 N–H and O–H groups in total. The summed E-state index contributed by atoms with van der Waals surface area (Å²) in [6, 6.07) is 11.6. The van der Waals surface area contributed by atoms with Crippen LogP contribution in [0.25, 0.3) is 0 Å². The highest BCUT2D eigenvalue weighted by Crippen LogP contribution is 2.31. The van der Waals surface area contributed by atoms with Crippen molar-refractivity contribution in [3.05, 3.63) is 59.7 Å². The van der Waals surface area contributed by atoms with Crippen molar-refractivity contribution in [1.82, 2.24) is 10.2 Å². The van der Waals surface area contributed by atoms with Gasteiger partial charge in [0.2, 0.25) is 5.91 Å². The first kappa shape index (κ1) is 27.8. The van der Waals surface area contributed by atoms with Gasteiger partial charge in [-0.2, -0.15) is 0 Å². The van der Waals surface area contributed by atoms with E-state index in [1.807, 2.05) is 0 Å². The lowest BCUT2D eigenvalue weighted by molar-refractivity contribution is -0.146. The van der Waals surface area contributed by atoms with Crippen molar-refractivity contribution in [2.45, 2.75) is 44.7 Å². The van der Waals surface area contributed by atoms with Gasteiger partial charge in [0, 0.05) is 6.54 Å². The van der Waals surface area contributed by atoms with E-state index < -0.39 is 36.5 Å². The largest absolute Gasteiger partial charge is 0.489 e. The molecule has 0 bridgehead atoms. The number of fused-ring (bicyclic) bond motifs is 2. The first-order chi connectivity index (χ1) is 18.8. The monoisotopic (exact) mass is 537 g/mol. The maximum Gasteiger partial charge on any atom is 0.323 e. The highest BCUT2D eigenvalue weighted by molar-refractivity contribution is 6.21. The number of hydrogen-bond acceptors (Lipinski definition) is 8. The van der Waals surface area contributed by atoms with Crippen molar-refractivity contribution >= 4 is 35.3 Å². The molecule has 2 aromatic rings. The van der Waals surface area contributed by atoms with Crippen LogP contribution in [0, 0.1) is 0 Å². The van der Waals surface area contributed by atoms with E-state index in [1.165, 1.54) is 4.90 Å². The second-order valence-electron chi connectivity index (χ2n) is 9.28. The number of carbonyl (C=O) groups is 5. The number of imide groups is 1. The van der Waals surface area contributed by atoms with Gasteiger partial charge in [0.25, 0.3) is 11.8 Å². The Kier molecular flexibility index (Phi) is 8.92. The van der Waals surface area contributed by atoms with Gasteiger partial charge < -0.3 is 14.6 Å². The van der Waals surface area contributed by atoms with Gasteiger partial charge in [-0.05, 0) is 44.0 Å². The normalized spacial score (nSPS) is 17.3. The molecule has 0 saturated heterocycles. The van der Waals surface area contributed by atoms with Crippen LogP contribution in [0.2, 0.25) is 0 Å². The first-order valence-corrected chi connectivity index (χ1v) is 12.9. The number of anilines is 1. The van der Waals surface area contributed by atoms with Gasteiger partial charge in [-0.15, -0.1) is 0 Å². The minimum Gasteiger partial charge on any atom is -0.489 e. The molecule has 0 aromatic heterocycles. The molecule has 3 amide bonds. The maximum atomic E-state index is 13.3. The number of carbonyl (C=O) groups excluding carboxylic acids is 4. The minimum absolute atomic E-state index is 0.0956. The van der Waals surface area contributed by atoms with Crippen LogP contribution in [0.5, 0.6) is 5.75 Å². The molecule has 2 aliphatic rings. The van der Waals surface area contributed by atoms with Gasteiger partial charge in [0.05, 0.1) is 23.4 Å². The standard InChI is InChI=1S/C28H31N3O8/c1-2-38-28(37)20(12-4-3-9-15-30-25(34)18-10-5-6-11-19(18)26(30)35)29-21-17-39-23-14-8-7-13-22(23)31(27(21)36)16-24(32)33/h5-8,10-11,13-14,20-21,29H,2-4,9,12,15-17H2,1H3,(H,32,33)/t20-,21-/m0/s1. The number of unbranched alkanes of at least 4 members (excludes halogenated alkanes) is 2. The van der Waals surface area contributed by atoms with Gasteiger partial charge in [0.15, 0.2) is 0 Å². The fourth-order valence-electron chi connectivity index (χ4n) is 4.76. The summed E-state index contributed by atoms with van der Waals surface area (Å²) < 4.78 is 11.0. The van der Waals surface area contributed by atoms with E-state index in [2.05, 4.69) is 5.32 Å². The molecule has 206 valence electrons. The van der Waals surface area contributed by atoms with E-state index in [4.69, 9.17) is 9.47 Å². The van der Waals surface area contributed by atoms with Crippen LogP contribution in [-0.4, -0.2) is 78.1 Å². The summed E-state index contributed by atoms with van der Waals surface area (Å²) in [6.45, 7) is 1.45. The Morgan fingerprint density at radius 1 is 1.00 bits per heavy atom. The molecule has 39 heavy (non-hydrogen) atoms. The third-order valence-corrected chi connectivity index (χ3v) is 6.65. The number of para-hydroxylation sites is 2. The Labute approximate surface area is 225 Å². The van der Waals surface area contributed by atoms with Crippen molar-refractivity contribution < 1.29 is 38.6 Å². The SMILES string of the molecule is CCOC(=O)[C@H](CCCCCN1C(=O)c2ccccc2C1=O)N[C@H]1COc2ccccc2N(CC(=O)O)C1=O. The highest BCUT2D eigenvalue weighted by atomic mass is 16.5. The Bertz CT molecular complexity index is 1230. The molecular formula is C28H31N3O8. The zero-order valence-corrected chi connectivity index (χ0v) is 21.6. The summed E-state index contributed by atoms with van der Waals surface area (Å²) in [7, 11) is 0. The highest BCUT2D eigenvalue weighted by Gasteiger charge is 2.36. The van der Waals surface area contributed by atoms with Crippen LogP contribution < -0.4 is 15.0 Å². The smallest absolute Gasteiger partial charge is 0.323 e. The molecule has 0 aliphatic carbocycles. The van der Waals surface area contributed by atoms with Gasteiger partial charge in [-0.25, -0.2) is 0 Å². The summed E-state index contributed by atoms with van der Waals surface area (Å²) in [6.07, 6.45) is 2.06. The molecule has 11 nitrogen and oxygen atoms in total. The molecule has 11 heteroatoms. The molecule has 4 rings (SSSR count). The van der Waals surface area contributed by atoms with E-state index >= 15 is 0 Å². The van der Waals surface area contributed by atoms with E-state index in [9.17, 15) is 29.1 Å². The third kappa shape index (κ3) is 6.26. The minimum atomic E-state index is -1.18. The molecule has 0 fully saturated rings. The van der Waals surface area contributed by atoms with E-state index in [0.717, 1.165) is 4.90 Å². The zero-order valence-electron chi connectivity index (χ0n) is 21.6. The lowest BCUT2D eigenvalue weighted by atomic mass is 10.1. The van der Waals surface area contributed by atoms with Crippen LogP contribution in [-0.2, 0) is 19.1 Å². The summed E-state index contributed by atoms with van der Waals surface area (Å²) in [5.41, 5.74) is 1.15. The fraction of sp³-hybridized carbons (Fsp3) is 0.393. The number of rotatable bonds is 12. The number of benzene rings is 2. The van der Waals surface area contributed by atoms with Crippen LogP contribution in [0.4, 0.5) is 5.69 Å². The molecule has 0 saturated carbocycles. The molecule has 0 spiro atoms. The van der Waals surface area contributed by atoms with Crippen molar-refractivity contribution in [1.29, 1.82) is 0 Å². The second-order valence-corrected chi connectivity index (χ2v) is 9.28. The van der Waals surface area contributed by atoms with E-state index in [1.54, 1.807) is 55.5 Å². The number of esters is 1. The number of nitrogens with zero attached hydrogens (tertiary/aromatic N) is 2. The average Bonchev–Trinajstić information content (AvgIpc) is 3.09. The lowest BCUT2D eigenvalue weighted by Gasteiger charge is -2.26. The van der Waals surface area contributed by atoms with Crippen molar-refractivity contribution in [2.24, 2.45) is 0 Å². The third-order valence-electron chi connectivity index (χ3n) is 6.65. The summed E-state index contributed by atoms with van der Waals surface area (Å²) in [5, 5.41) is 12.4. The second kappa shape index (κ2) is 12.5. The molecule has 2 atom stereocenters. The topological polar surface area (TPSA) is 143 Å². The number of aliphatic carboxylic acids is 1. The fourth-order valence-corrected chi connectivity index (χ4v) is 4.76. The number of hydrogen-bond donors (Lipinski definition) is 2. The molecule has 2 aliphatic heterocycles. The van der Waals surface area contributed by atoms with Crippen LogP contribution in [0.15, 0.2) is 48.5 Å². The van der Waals surface area contributed by atoms with Crippen molar-refractivity contribution in [2.75, 3.05) is 31.2 Å². The first-order valence-electron chi connectivity index (χ1n) is 12.9. The number of nitrogens with one attached hydrogen (secondary N) is 1. The van der Waals surface area contributed by atoms with E-state index in [-0.39, 0.29) is 31.6 Å². The van der Waals surface area contributed by atoms with Gasteiger partial charge in [0.1, 0.15) is 31.0 Å². The number of ether oxygens (including phenoxy) is 2. The predicted molar refractivity (Wildman–Crippen MR) is 140 cm³/mol. The molecular weight excluding hydrogens is 506 g/mol. The van der Waals surface area contributed by atoms with Crippen LogP contribution in [0.1, 0.15) is 53.3 Å². The molecule has 2 aromatic carbocycles. The Hall–Kier alpha value is -4.25. The Morgan fingerprint density at radius 2 is 1.67 bits per heavy atom. The molecule has 0 unspecified atom stereocenters. The summed E-state index contributed by atoms with van der Waals surface area (Å²) in [5.74, 6) is -2.48. The number of amides is 3. The maximum absolute atomic E-state index is 13.3. The van der Waals surface area contributed by atoms with Crippen molar-refractivity contribution in [3.63, 3.8) is 0 Å². The van der Waals surface area contributed by atoms with Crippen molar-refractivity contribution in [3.8, 4) is 5.75 Å². The number of carboxylic acids is 1. The summed E-state index contributed by atoms with van der Waals surface area (Å²) >= 11 is 0. The van der Waals surface area contributed by atoms with Gasteiger partial charge in [-0.3, -0.25) is 39.1 Å². The predicted octanol–water partition coefficient (Wildman–Crippen LogP) is 2.24. The zero-order chi connectivity index (χ0) is 27.9. The van der Waals surface area contributed by atoms with Gasteiger partial charge >= 0.3 is 11.9 Å². The number of carboxylic acid groups (broad SMARTS) is 1. The van der Waals surface area contributed by atoms with Crippen LogP contribution >= 0.6 is 0 Å². The Balaban J connectivity index is 1.36.